The van der Waals surface area contributed by atoms with Gasteiger partial charge in [0.25, 0.3) is 5.56 Å². The number of aromatic nitrogens is 3. The van der Waals surface area contributed by atoms with Crippen LogP contribution in [0.2, 0.25) is 0 Å². The van der Waals surface area contributed by atoms with Gasteiger partial charge in [-0.2, -0.15) is 4.57 Å². The molecule has 0 aliphatic carbocycles. The van der Waals surface area contributed by atoms with E-state index < -0.39 is 0 Å². The molecule has 0 radical (unpaired) electrons. The number of nitrogens with one attached hydrogen (secondary N) is 1. The van der Waals surface area contributed by atoms with Crippen LogP contribution in [0, 0.1) is 0 Å². The highest BCUT2D eigenvalue weighted by Gasteiger charge is 2.09. The second-order valence-electron chi connectivity index (χ2n) is 4.89. The summed E-state index contributed by atoms with van der Waals surface area (Å²) in [5.74, 6) is 0.672. The van der Waals surface area contributed by atoms with Crippen LogP contribution in [0.5, 0.6) is 0 Å². The van der Waals surface area contributed by atoms with E-state index in [0.29, 0.717) is 17.1 Å². The fourth-order valence-corrected chi connectivity index (χ4v) is 3.17. The predicted molar refractivity (Wildman–Crippen MR) is 83.5 cm³/mol. The monoisotopic (exact) mass is 294 g/mol. The molecule has 102 valence electrons. The van der Waals surface area contributed by atoms with Gasteiger partial charge in [-0.1, -0.05) is 18.2 Å². The molecular formula is C16H12N3OS+. The number of fused-ring (bicyclic) bond motifs is 2. The molecule has 0 aliphatic heterocycles. The van der Waals surface area contributed by atoms with Gasteiger partial charge >= 0.3 is 0 Å². The van der Waals surface area contributed by atoms with Crippen molar-refractivity contribution in [3.8, 4) is 0 Å². The van der Waals surface area contributed by atoms with Crippen LogP contribution in [0.15, 0.2) is 59.0 Å². The number of benzene rings is 1. The summed E-state index contributed by atoms with van der Waals surface area (Å²) in [5, 5.41) is 4.25. The van der Waals surface area contributed by atoms with E-state index in [9.17, 15) is 4.79 Å². The van der Waals surface area contributed by atoms with Gasteiger partial charge in [-0.15, -0.1) is 11.3 Å². The maximum Gasteiger partial charge on any atom is 0.269 e. The Morgan fingerprint density at radius 2 is 2.00 bits per heavy atom. The van der Waals surface area contributed by atoms with E-state index in [0.717, 1.165) is 5.52 Å². The molecule has 4 nitrogen and oxygen atoms in total. The van der Waals surface area contributed by atoms with Gasteiger partial charge in [0.2, 0.25) is 6.54 Å². The molecule has 0 unspecified atom stereocenters. The number of nitrogens with zero attached hydrogens (tertiary/aromatic N) is 2. The summed E-state index contributed by atoms with van der Waals surface area (Å²) in [6.07, 6.45) is 4.06. The van der Waals surface area contributed by atoms with Gasteiger partial charge in [0.15, 0.2) is 18.2 Å². The fourth-order valence-electron chi connectivity index (χ4n) is 2.45. The molecule has 4 aromatic rings. The average molecular weight is 294 g/mol. The molecule has 0 amide bonds. The molecule has 1 aromatic carbocycles. The Kier molecular flexibility index (Phi) is 2.79. The lowest BCUT2D eigenvalue weighted by molar-refractivity contribution is -0.688. The van der Waals surface area contributed by atoms with Gasteiger partial charge in [-0.05, 0) is 22.9 Å². The Bertz CT molecular complexity index is 1000. The topological polar surface area (TPSA) is 49.6 Å². The Balaban J connectivity index is 1.76. The van der Waals surface area contributed by atoms with Crippen molar-refractivity contribution in [3.63, 3.8) is 0 Å². The standard InChI is InChI=1S/C16H11N3OS/c20-16-15-13(6-8-21-15)17-14(18-16)10-19-7-5-11-3-1-2-4-12(11)9-19/h1-9H,10H2/p+1. The number of H-pyrrole nitrogens is 1. The van der Waals surface area contributed by atoms with Crippen molar-refractivity contribution in [2.75, 3.05) is 0 Å². The highest BCUT2D eigenvalue weighted by molar-refractivity contribution is 7.17. The Morgan fingerprint density at radius 1 is 1.14 bits per heavy atom. The zero-order chi connectivity index (χ0) is 14.2. The maximum absolute atomic E-state index is 12.0. The average Bonchev–Trinajstić information content (AvgIpc) is 2.96. The van der Waals surface area contributed by atoms with Gasteiger partial charge in [-0.25, -0.2) is 4.98 Å². The third-order valence-electron chi connectivity index (χ3n) is 3.44. The number of pyridine rings is 1. The Hall–Kier alpha value is -2.53. The van der Waals surface area contributed by atoms with Crippen LogP contribution in [0.3, 0.4) is 0 Å². The summed E-state index contributed by atoms with van der Waals surface area (Å²) in [7, 11) is 0. The van der Waals surface area contributed by atoms with Gasteiger partial charge in [0.05, 0.1) is 5.52 Å². The highest BCUT2D eigenvalue weighted by atomic mass is 32.1. The van der Waals surface area contributed by atoms with Crippen molar-refractivity contribution in [1.82, 2.24) is 9.97 Å². The van der Waals surface area contributed by atoms with E-state index in [1.807, 2.05) is 34.3 Å². The van der Waals surface area contributed by atoms with Crippen molar-refractivity contribution in [2.24, 2.45) is 0 Å². The summed E-state index contributed by atoms with van der Waals surface area (Å²) in [4.78, 5) is 19.3. The minimum Gasteiger partial charge on any atom is -0.304 e. The molecule has 0 saturated carbocycles. The highest BCUT2D eigenvalue weighted by Crippen LogP contribution is 2.14. The van der Waals surface area contributed by atoms with Gasteiger partial charge in [0, 0.05) is 11.5 Å². The fraction of sp³-hybridized carbons (Fsp3) is 0.0625. The molecule has 0 atom stereocenters. The van der Waals surface area contributed by atoms with Gasteiger partial charge in [0.1, 0.15) is 4.70 Å². The van der Waals surface area contributed by atoms with Crippen LogP contribution in [0.25, 0.3) is 21.0 Å². The largest absolute Gasteiger partial charge is 0.304 e. The Labute approximate surface area is 124 Å². The number of aromatic amines is 1. The molecule has 0 fully saturated rings. The molecule has 21 heavy (non-hydrogen) atoms. The first-order chi connectivity index (χ1) is 10.3. The van der Waals surface area contributed by atoms with E-state index in [-0.39, 0.29) is 5.56 Å². The van der Waals surface area contributed by atoms with Crippen molar-refractivity contribution >= 4 is 32.3 Å². The third kappa shape index (κ3) is 2.21. The predicted octanol–water partition coefficient (Wildman–Crippen LogP) is 2.47. The smallest absolute Gasteiger partial charge is 0.269 e. The lowest BCUT2D eigenvalue weighted by atomic mass is 10.2. The summed E-state index contributed by atoms with van der Waals surface area (Å²) < 4.78 is 2.71. The molecule has 3 heterocycles. The number of rotatable bonds is 2. The summed E-state index contributed by atoms with van der Waals surface area (Å²) in [6, 6.07) is 12.1. The molecule has 0 saturated heterocycles. The first kappa shape index (κ1) is 12.2. The maximum atomic E-state index is 12.0. The molecule has 1 N–H and O–H groups in total. The van der Waals surface area contributed by atoms with Crippen LogP contribution in [0.4, 0.5) is 0 Å². The van der Waals surface area contributed by atoms with E-state index >= 15 is 0 Å². The van der Waals surface area contributed by atoms with Crippen molar-refractivity contribution in [2.45, 2.75) is 6.54 Å². The molecule has 0 aliphatic rings. The molecule has 0 spiro atoms. The molecule has 3 aromatic heterocycles. The summed E-state index contributed by atoms with van der Waals surface area (Å²) >= 11 is 1.42. The molecular weight excluding hydrogens is 282 g/mol. The van der Waals surface area contributed by atoms with E-state index in [2.05, 4.69) is 34.4 Å². The SMILES string of the molecule is O=c1[nH]c(C[n+]2ccc3ccccc3c2)nc2ccsc12. The van der Waals surface area contributed by atoms with Crippen LogP contribution in [-0.2, 0) is 6.54 Å². The lowest BCUT2D eigenvalue weighted by Gasteiger charge is -2.00. The van der Waals surface area contributed by atoms with E-state index in [1.54, 1.807) is 0 Å². The third-order valence-corrected chi connectivity index (χ3v) is 4.35. The van der Waals surface area contributed by atoms with Crippen LogP contribution >= 0.6 is 11.3 Å². The summed E-state index contributed by atoms with van der Waals surface area (Å²) in [6.45, 7) is 0.547. The van der Waals surface area contributed by atoms with Crippen molar-refractivity contribution in [3.05, 3.63) is 70.4 Å². The zero-order valence-electron chi connectivity index (χ0n) is 11.1. The minimum atomic E-state index is -0.0635. The summed E-state index contributed by atoms with van der Waals surface area (Å²) in [5.41, 5.74) is 0.700. The first-order valence-corrected chi connectivity index (χ1v) is 7.52. The van der Waals surface area contributed by atoms with E-state index in [1.165, 1.54) is 22.1 Å². The molecule has 5 heteroatoms. The van der Waals surface area contributed by atoms with Crippen LogP contribution in [-0.4, -0.2) is 9.97 Å². The van der Waals surface area contributed by atoms with Crippen molar-refractivity contribution < 1.29 is 4.57 Å². The number of thiophene rings is 1. The van der Waals surface area contributed by atoms with Gasteiger partial charge in [-0.3, -0.25) is 4.79 Å². The molecule has 0 bridgehead atoms. The van der Waals surface area contributed by atoms with Crippen molar-refractivity contribution in [1.29, 1.82) is 0 Å². The van der Waals surface area contributed by atoms with Crippen LogP contribution in [0.1, 0.15) is 5.82 Å². The lowest BCUT2D eigenvalue weighted by Crippen LogP contribution is -2.35. The zero-order valence-corrected chi connectivity index (χ0v) is 11.9. The first-order valence-electron chi connectivity index (χ1n) is 6.64. The number of hydrogen-bond acceptors (Lipinski definition) is 3. The molecule has 4 rings (SSSR count). The number of hydrogen-bond donors (Lipinski definition) is 1. The second-order valence-corrected chi connectivity index (χ2v) is 5.81. The quantitative estimate of drug-likeness (QED) is 0.577. The normalized spacial score (nSPS) is 11.2. The minimum absolute atomic E-state index is 0.0635. The van der Waals surface area contributed by atoms with Crippen LogP contribution < -0.4 is 10.1 Å². The Morgan fingerprint density at radius 3 is 2.90 bits per heavy atom. The van der Waals surface area contributed by atoms with Gasteiger partial charge < -0.3 is 4.98 Å². The van der Waals surface area contributed by atoms with E-state index in [4.69, 9.17) is 0 Å². The second kappa shape index (κ2) is 4.79.